The van der Waals surface area contributed by atoms with Crippen LogP contribution in [-0.2, 0) is 0 Å². The van der Waals surface area contributed by atoms with Crippen molar-refractivity contribution in [3.63, 3.8) is 0 Å². The average molecular weight is 333 g/mol. The minimum Gasteiger partial charge on any atom is -0.494 e. The summed E-state index contributed by atoms with van der Waals surface area (Å²) in [6, 6.07) is 14.9. The summed E-state index contributed by atoms with van der Waals surface area (Å²) < 4.78 is 5.46. The summed E-state index contributed by atoms with van der Waals surface area (Å²) in [5.41, 5.74) is 5.91. The molecule has 0 radical (unpaired) electrons. The molecule has 4 heteroatoms. The Labute approximate surface area is 146 Å². The predicted molar refractivity (Wildman–Crippen MR) is 98.1 cm³/mol. The van der Waals surface area contributed by atoms with E-state index in [0.29, 0.717) is 11.1 Å². The van der Waals surface area contributed by atoms with Gasteiger partial charge in [0, 0.05) is 11.3 Å². The van der Waals surface area contributed by atoms with Gasteiger partial charge in [0.25, 0.3) is 0 Å². The Morgan fingerprint density at radius 2 is 1.64 bits per heavy atom. The first-order valence-electron chi connectivity index (χ1n) is 7.96. The Morgan fingerprint density at radius 3 is 2.28 bits per heavy atom. The number of methoxy groups -OCH3 is 1. The molecule has 2 aromatic carbocycles. The van der Waals surface area contributed by atoms with Crippen LogP contribution < -0.4 is 4.74 Å². The topological polar surface area (TPSA) is 59.4 Å². The van der Waals surface area contributed by atoms with Crippen molar-refractivity contribution in [1.82, 2.24) is 4.98 Å². The quantitative estimate of drug-likeness (QED) is 0.749. The molecular formula is C21H19NO3. The number of hydrogen-bond acceptors (Lipinski definition) is 3. The van der Waals surface area contributed by atoms with Crippen LogP contribution in [0.3, 0.4) is 0 Å². The molecule has 3 rings (SSSR count). The molecule has 1 heterocycles. The second-order valence-corrected chi connectivity index (χ2v) is 5.84. The number of aryl methyl sites for hydroxylation is 1. The van der Waals surface area contributed by atoms with E-state index in [-0.39, 0.29) is 0 Å². The second kappa shape index (κ2) is 6.77. The fourth-order valence-electron chi connectivity index (χ4n) is 2.93. The van der Waals surface area contributed by atoms with Gasteiger partial charge in [0.05, 0.1) is 18.9 Å². The lowest BCUT2D eigenvalue weighted by Crippen LogP contribution is -1.99. The van der Waals surface area contributed by atoms with Gasteiger partial charge in [-0.15, -0.1) is 0 Å². The Kier molecular flexibility index (Phi) is 4.52. The van der Waals surface area contributed by atoms with Crippen molar-refractivity contribution in [2.45, 2.75) is 13.8 Å². The van der Waals surface area contributed by atoms with Gasteiger partial charge >= 0.3 is 5.97 Å². The van der Waals surface area contributed by atoms with E-state index in [9.17, 15) is 9.90 Å². The summed E-state index contributed by atoms with van der Waals surface area (Å²) in [5, 5.41) is 9.37. The highest BCUT2D eigenvalue weighted by Gasteiger charge is 2.14. The molecule has 3 aromatic rings. The van der Waals surface area contributed by atoms with Crippen molar-refractivity contribution >= 4 is 5.97 Å². The summed E-state index contributed by atoms with van der Waals surface area (Å²) in [6.07, 6.45) is 1.73. The van der Waals surface area contributed by atoms with Crippen molar-refractivity contribution in [3.05, 3.63) is 71.5 Å². The number of aromatic nitrogens is 1. The van der Waals surface area contributed by atoms with E-state index in [1.807, 2.05) is 50.2 Å². The predicted octanol–water partition coefficient (Wildman–Crippen LogP) is 4.74. The maximum Gasteiger partial charge on any atom is 0.336 e. The Bertz CT molecular complexity index is 930. The number of carboxylic acid groups (broad SMARTS) is 1. The first-order chi connectivity index (χ1) is 12.0. The van der Waals surface area contributed by atoms with Crippen molar-refractivity contribution in [2.24, 2.45) is 0 Å². The maximum atomic E-state index is 11.4. The summed E-state index contributed by atoms with van der Waals surface area (Å²) in [6.45, 7) is 3.99. The summed E-state index contributed by atoms with van der Waals surface area (Å²) in [5.74, 6) is -0.205. The fraction of sp³-hybridized carbons (Fsp3) is 0.143. The third-order valence-electron chi connectivity index (χ3n) is 4.40. The highest BCUT2D eigenvalue weighted by Crippen LogP contribution is 2.35. The number of ether oxygens (including phenoxy) is 1. The van der Waals surface area contributed by atoms with Crippen LogP contribution in [0.4, 0.5) is 0 Å². The molecular weight excluding hydrogens is 314 g/mol. The number of carbonyl (C=O) groups is 1. The van der Waals surface area contributed by atoms with E-state index in [1.54, 1.807) is 25.4 Å². The van der Waals surface area contributed by atoms with E-state index in [2.05, 4.69) is 4.98 Å². The van der Waals surface area contributed by atoms with Crippen LogP contribution in [0.25, 0.3) is 22.3 Å². The number of hydrogen-bond donors (Lipinski definition) is 1. The molecule has 0 saturated heterocycles. The van der Waals surface area contributed by atoms with Crippen molar-refractivity contribution in [1.29, 1.82) is 0 Å². The average Bonchev–Trinajstić information content (AvgIpc) is 2.64. The molecule has 1 N–H and O–H groups in total. The number of benzene rings is 2. The first-order valence-corrected chi connectivity index (χ1v) is 7.96. The lowest BCUT2D eigenvalue weighted by molar-refractivity contribution is 0.0697. The van der Waals surface area contributed by atoms with Crippen LogP contribution in [0, 0.1) is 13.8 Å². The number of pyridine rings is 1. The van der Waals surface area contributed by atoms with Gasteiger partial charge in [0.2, 0.25) is 0 Å². The van der Waals surface area contributed by atoms with Gasteiger partial charge in [-0.1, -0.05) is 42.5 Å². The van der Waals surface area contributed by atoms with E-state index in [1.165, 1.54) is 0 Å². The van der Waals surface area contributed by atoms with E-state index < -0.39 is 5.97 Å². The Balaban J connectivity index is 2.09. The molecule has 0 amide bonds. The van der Waals surface area contributed by atoms with Crippen molar-refractivity contribution in [3.8, 4) is 28.0 Å². The minimum atomic E-state index is -0.929. The molecule has 4 nitrogen and oxygen atoms in total. The molecule has 0 saturated carbocycles. The smallest absolute Gasteiger partial charge is 0.336 e. The largest absolute Gasteiger partial charge is 0.494 e. The van der Waals surface area contributed by atoms with E-state index >= 15 is 0 Å². The van der Waals surface area contributed by atoms with Gasteiger partial charge in [0.15, 0.2) is 0 Å². The minimum absolute atomic E-state index is 0.295. The molecule has 0 aliphatic rings. The standard InChI is InChI=1S/C21H19NO3/c1-13-14(2)22-12-19(25-3)20(13)16-10-8-15(9-11-16)17-6-4-5-7-18(17)21(23)24/h4-12H,1-3H3,(H,23,24). The summed E-state index contributed by atoms with van der Waals surface area (Å²) >= 11 is 0. The molecule has 0 aliphatic heterocycles. The van der Waals surface area contributed by atoms with Crippen LogP contribution in [0.15, 0.2) is 54.7 Å². The van der Waals surface area contributed by atoms with Crippen LogP contribution in [0.5, 0.6) is 5.75 Å². The zero-order valence-electron chi connectivity index (χ0n) is 14.4. The molecule has 0 aliphatic carbocycles. The molecule has 0 bridgehead atoms. The molecule has 0 fully saturated rings. The molecule has 0 spiro atoms. The summed E-state index contributed by atoms with van der Waals surface area (Å²) in [4.78, 5) is 15.8. The SMILES string of the molecule is COc1cnc(C)c(C)c1-c1ccc(-c2ccccc2C(=O)O)cc1. The van der Waals surface area contributed by atoms with Gasteiger partial charge in [-0.25, -0.2) is 4.79 Å². The zero-order chi connectivity index (χ0) is 18.0. The number of nitrogens with zero attached hydrogens (tertiary/aromatic N) is 1. The number of aromatic carboxylic acids is 1. The highest BCUT2D eigenvalue weighted by atomic mass is 16.5. The molecule has 0 atom stereocenters. The molecule has 126 valence electrons. The monoisotopic (exact) mass is 333 g/mol. The fourth-order valence-corrected chi connectivity index (χ4v) is 2.93. The normalized spacial score (nSPS) is 10.5. The van der Waals surface area contributed by atoms with E-state index in [4.69, 9.17) is 4.74 Å². The lowest BCUT2D eigenvalue weighted by atomic mass is 9.95. The molecule has 0 unspecified atom stereocenters. The van der Waals surface area contributed by atoms with Gasteiger partial charge in [-0.05, 0) is 42.2 Å². The van der Waals surface area contributed by atoms with Crippen LogP contribution in [0.1, 0.15) is 21.6 Å². The zero-order valence-corrected chi connectivity index (χ0v) is 14.4. The first kappa shape index (κ1) is 16.7. The molecule has 25 heavy (non-hydrogen) atoms. The van der Waals surface area contributed by atoms with Gasteiger partial charge in [-0.3, -0.25) is 4.98 Å². The third kappa shape index (κ3) is 3.11. The molecule has 1 aromatic heterocycles. The van der Waals surface area contributed by atoms with Crippen molar-refractivity contribution < 1.29 is 14.6 Å². The number of carboxylic acids is 1. The van der Waals surface area contributed by atoms with Crippen LogP contribution in [0.2, 0.25) is 0 Å². The second-order valence-electron chi connectivity index (χ2n) is 5.84. The highest BCUT2D eigenvalue weighted by molar-refractivity contribution is 5.96. The van der Waals surface area contributed by atoms with Gasteiger partial charge in [0.1, 0.15) is 5.75 Å². The lowest BCUT2D eigenvalue weighted by Gasteiger charge is -2.14. The van der Waals surface area contributed by atoms with Crippen LogP contribution >= 0.6 is 0 Å². The Morgan fingerprint density at radius 1 is 1.00 bits per heavy atom. The maximum absolute atomic E-state index is 11.4. The van der Waals surface area contributed by atoms with E-state index in [0.717, 1.165) is 33.7 Å². The van der Waals surface area contributed by atoms with Crippen LogP contribution in [-0.4, -0.2) is 23.2 Å². The Hall–Kier alpha value is -3.14. The van der Waals surface area contributed by atoms with Gasteiger partial charge < -0.3 is 9.84 Å². The summed E-state index contributed by atoms with van der Waals surface area (Å²) in [7, 11) is 1.63. The van der Waals surface area contributed by atoms with Crippen molar-refractivity contribution in [2.75, 3.05) is 7.11 Å². The third-order valence-corrected chi connectivity index (χ3v) is 4.40. The van der Waals surface area contributed by atoms with Gasteiger partial charge in [-0.2, -0.15) is 0 Å². The number of rotatable bonds is 4.